The van der Waals surface area contributed by atoms with E-state index >= 15 is 0 Å². The van der Waals surface area contributed by atoms with E-state index in [-0.39, 0.29) is 53.2 Å². The number of morpholine rings is 1. The number of carbonyl (C=O) groups excluding carboxylic acids is 1. The van der Waals surface area contributed by atoms with Crippen LogP contribution in [0.4, 0.5) is 17.6 Å². The van der Waals surface area contributed by atoms with Crippen molar-refractivity contribution in [3.63, 3.8) is 0 Å². The highest BCUT2D eigenvalue weighted by molar-refractivity contribution is 6.31. The van der Waals surface area contributed by atoms with E-state index in [0.717, 1.165) is 12.3 Å². The summed E-state index contributed by atoms with van der Waals surface area (Å²) in [4.78, 5) is 20.6. The molecule has 1 atom stereocenters. The molecular weight excluding hydrogens is 539 g/mol. The highest BCUT2D eigenvalue weighted by Crippen LogP contribution is 2.44. The zero-order valence-corrected chi connectivity index (χ0v) is 20.4. The smallest absolute Gasteiger partial charge is 0.406 e. The molecule has 0 spiro atoms. The highest BCUT2D eigenvalue weighted by atomic mass is 35.5. The average molecular weight is 557 g/mol. The minimum atomic E-state index is -4.91. The molecule has 1 aromatic heterocycles. The zero-order chi connectivity index (χ0) is 26.3. The Bertz CT molecular complexity index is 1370. The summed E-state index contributed by atoms with van der Waals surface area (Å²) >= 11 is 12.2. The summed E-state index contributed by atoms with van der Waals surface area (Å²) in [5, 5.41) is 4.11. The molecule has 1 saturated heterocycles. The number of nitrogens with one attached hydrogen (secondary N) is 1. The number of hydrogen-bond acceptors (Lipinski definition) is 5. The van der Waals surface area contributed by atoms with Crippen LogP contribution in [0.1, 0.15) is 22.9 Å². The van der Waals surface area contributed by atoms with E-state index in [1.807, 2.05) is 0 Å². The molecule has 0 bridgehead atoms. The monoisotopic (exact) mass is 556 g/mol. The minimum Gasteiger partial charge on any atom is -0.406 e. The maximum atomic E-state index is 14.9. The van der Waals surface area contributed by atoms with E-state index in [2.05, 4.69) is 10.6 Å². The Labute approximate surface area is 218 Å². The van der Waals surface area contributed by atoms with E-state index in [0.29, 0.717) is 4.68 Å². The number of amides is 1. The quantitative estimate of drug-likeness (QED) is 0.448. The Morgan fingerprint density at radius 2 is 1.84 bits per heavy atom. The molecule has 3 aromatic rings. The first-order valence-corrected chi connectivity index (χ1v) is 11.8. The van der Waals surface area contributed by atoms with Crippen molar-refractivity contribution in [3.8, 4) is 5.69 Å². The van der Waals surface area contributed by atoms with Crippen LogP contribution in [0.3, 0.4) is 0 Å². The predicted octanol–water partition coefficient (Wildman–Crippen LogP) is 5.18. The fourth-order valence-electron chi connectivity index (χ4n) is 4.30. The van der Waals surface area contributed by atoms with E-state index in [9.17, 15) is 22.4 Å². The van der Waals surface area contributed by atoms with Crippen molar-refractivity contribution in [2.24, 2.45) is 0 Å². The number of benzene rings is 2. The van der Waals surface area contributed by atoms with Crippen molar-refractivity contribution in [1.29, 1.82) is 0 Å². The number of aromatic nitrogens is 2. The topological polar surface area (TPSA) is 68.6 Å². The third-order valence-corrected chi connectivity index (χ3v) is 6.53. The van der Waals surface area contributed by atoms with Crippen molar-refractivity contribution in [3.05, 3.63) is 86.9 Å². The lowest BCUT2D eigenvalue weighted by molar-refractivity contribution is -0.143. The minimum absolute atomic E-state index is 0.0275. The Balaban J connectivity index is 1.72. The van der Waals surface area contributed by atoms with Crippen LogP contribution < -0.4 is 5.48 Å². The summed E-state index contributed by atoms with van der Waals surface area (Å²) in [6, 6.07) is 8.35. The van der Waals surface area contributed by atoms with Gasteiger partial charge in [0, 0.05) is 28.7 Å². The molecule has 2 aromatic carbocycles. The van der Waals surface area contributed by atoms with Crippen molar-refractivity contribution >= 4 is 34.9 Å². The summed E-state index contributed by atoms with van der Waals surface area (Å²) in [5.41, 5.74) is 0.488. The molecule has 0 radical (unpaired) electrons. The van der Waals surface area contributed by atoms with Gasteiger partial charge >= 0.3 is 6.18 Å². The lowest BCUT2D eigenvalue weighted by Gasteiger charge is -2.28. The van der Waals surface area contributed by atoms with E-state index in [4.69, 9.17) is 32.8 Å². The number of ether oxygens (including phenoxy) is 1. The van der Waals surface area contributed by atoms with Crippen LogP contribution in [0.2, 0.25) is 10.0 Å². The Hall–Kier alpha value is -3.12. The van der Waals surface area contributed by atoms with Gasteiger partial charge in [-0.1, -0.05) is 35.3 Å². The molecule has 0 aliphatic carbocycles. The lowest BCUT2D eigenvalue weighted by atomic mass is 9.95. The first-order chi connectivity index (χ1) is 17.7. The maximum Gasteiger partial charge on any atom is 0.434 e. The van der Waals surface area contributed by atoms with Gasteiger partial charge in [0.2, 0.25) is 0 Å². The number of halogens is 6. The van der Waals surface area contributed by atoms with Gasteiger partial charge in [-0.3, -0.25) is 4.79 Å². The van der Waals surface area contributed by atoms with Gasteiger partial charge in [-0.2, -0.15) is 18.3 Å². The van der Waals surface area contributed by atoms with E-state index < -0.39 is 41.0 Å². The summed E-state index contributed by atoms with van der Waals surface area (Å²) in [6.45, 7) is 0.880. The predicted molar refractivity (Wildman–Crippen MR) is 126 cm³/mol. The largest absolute Gasteiger partial charge is 0.434 e. The highest BCUT2D eigenvalue weighted by Gasteiger charge is 2.45. The number of hydrogen-bond donors (Lipinski definition) is 1. The van der Waals surface area contributed by atoms with Gasteiger partial charge < -0.3 is 14.5 Å². The van der Waals surface area contributed by atoms with Crippen LogP contribution in [0.5, 0.6) is 0 Å². The molecule has 3 heterocycles. The molecule has 0 saturated carbocycles. The van der Waals surface area contributed by atoms with E-state index in [1.165, 1.54) is 41.3 Å². The second kappa shape index (κ2) is 9.97. The molecule has 1 unspecified atom stereocenters. The number of rotatable bonds is 4. The van der Waals surface area contributed by atoms with Crippen molar-refractivity contribution in [2.45, 2.75) is 12.2 Å². The molecule has 1 amide bonds. The molecule has 1 fully saturated rings. The molecule has 37 heavy (non-hydrogen) atoms. The van der Waals surface area contributed by atoms with Gasteiger partial charge in [-0.15, -0.1) is 5.48 Å². The van der Waals surface area contributed by atoms with Gasteiger partial charge in [-0.25, -0.2) is 9.07 Å². The van der Waals surface area contributed by atoms with Gasteiger partial charge in [0.25, 0.3) is 5.91 Å². The van der Waals surface area contributed by atoms with Gasteiger partial charge in [0.15, 0.2) is 11.5 Å². The van der Waals surface area contributed by atoms with Crippen LogP contribution in [0.15, 0.2) is 54.2 Å². The van der Waals surface area contributed by atoms with Crippen LogP contribution >= 0.6 is 23.2 Å². The normalized spacial score (nSPS) is 18.3. The Kier molecular flexibility index (Phi) is 6.88. The molecule has 2 aliphatic rings. The van der Waals surface area contributed by atoms with Gasteiger partial charge in [0.05, 0.1) is 36.2 Å². The second-order valence-corrected chi connectivity index (χ2v) is 9.08. The van der Waals surface area contributed by atoms with Crippen LogP contribution in [-0.4, -0.2) is 46.9 Å². The molecule has 13 heteroatoms. The number of alkyl halides is 3. The lowest BCUT2D eigenvalue weighted by Crippen LogP contribution is -2.42. The molecule has 194 valence electrons. The first kappa shape index (κ1) is 25.5. The van der Waals surface area contributed by atoms with Crippen molar-refractivity contribution in [2.75, 3.05) is 26.3 Å². The molecule has 1 N–H and O–H groups in total. The van der Waals surface area contributed by atoms with Gasteiger partial charge in [0.1, 0.15) is 11.9 Å². The van der Waals surface area contributed by atoms with E-state index in [1.54, 1.807) is 0 Å². The van der Waals surface area contributed by atoms with Crippen LogP contribution in [-0.2, 0) is 20.5 Å². The van der Waals surface area contributed by atoms with Crippen LogP contribution in [0.25, 0.3) is 11.4 Å². The Morgan fingerprint density at radius 1 is 1.11 bits per heavy atom. The fourth-order valence-corrected chi connectivity index (χ4v) is 4.76. The Morgan fingerprint density at radius 3 is 2.51 bits per heavy atom. The zero-order valence-electron chi connectivity index (χ0n) is 18.9. The van der Waals surface area contributed by atoms with Crippen molar-refractivity contribution < 1.29 is 31.9 Å². The van der Waals surface area contributed by atoms with Crippen molar-refractivity contribution in [1.82, 2.24) is 20.2 Å². The molecule has 7 nitrogen and oxygen atoms in total. The fraction of sp³-hybridized carbons (Fsp3) is 0.250. The number of hydroxylamine groups is 1. The summed E-state index contributed by atoms with van der Waals surface area (Å²) < 4.78 is 64.1. The molecular formula is C24H18Cl2F4N4O3. The third kappa shape index (κ3) is 4.79. The summed E-state index contributed by atoms with van der Waals surface area (Å²) in [7, 11) is 0. The standard InChI is InChI=1S/C24H18Cl2F4N4O3/c25-13-3-1-4-14(11-13)34-22(24(28,29)30)15(12-31-34)21-19(23(35)33-7-9-36-10-8-33)20(32-37-21)18-16(26)5-2-6-17(18)27/h1-6,11-12,20,32H,7-10H2. The average Bonchev–Trinajstić information content (AvgIpc) is 3.49. The third-order valence-electron chi connectivity index (χ3n) is 5.96. The van der Waals surface area contributed by atoms with Crippen LogP contribution in [0, 0.1) is 5.82 Å². The number of nitrogens with zero attached hydrogens (tertiary/aromatic N) is 3. The summed E-state index contributed by atoms with van der Waals surface area (Å²) in [5.74, 6) is -1.83. The maximum absolute atomic E-state index is 14.9. The van der Waals surface area contributed by atoms with Gasteiger partial charge in [-0.05, 0) is 30.3 Å². The SMILES string of the molecule is O=C(C1=C(c2cnn(-c3cccc(Cl)c3)c2C(F)(F)F)ONC1c1c(F)cccc1Cl)N1CCOCC1. The first-order valence-electron chi connectivity index (χ1n) is 11.1. The summed E-state index contributed by atoms with van der Waals surface area (Å²) in [6.07, 6.45) is -3.97. The molecule has 5 rings (SSSR count). The second-order valence-electron chi connectivity index (χ2n) is 8.23. The number of carbonyl (C=O) groups is 1. The molecule has 2 aliphatic heterocycles.